The highest BCUT2D eigenvalue weighted by Gasteiger charge is 2.78. The summed E-state index contributed by atoms with van der Waals surface area (Å²) in [4.78, 5) is 63.6. The lowest BCUT2D eigenvalue weighted by atomic mass is 9.83. The number of likely N-dealkylation sites (tertiary alicyclic amines) is 2. The normalized spacial score (nSPS) is 22.9. The topological polar surface area (TPSA) is 179 Å². The first-order valence-corrected chi connectivity index (χ1v) is 27.3. The quantitative estimate of drug-likeness (QED) is 0.0412. The summed E-state index contributed by atoms with van der Waals surface area (Å²) in [6.07, 6.45) is 14.5. The van der Waals surface area contributed by atoms with E-state index in [4.69, 9.17) is 14.8 Å². The Kier molecular flexibility index (Phi) is 15.0. The highest BCUT2D eigenvalue weighted by molar-refractivity contribution is 7.10. The van der Waals surface area contributed by atoms with Crippen molar-refractivity contribution < 1.29 is 32.7 Å². The second kappa shape index (κ2) is 21.5. The van der Waals surface area contributed by atoms with E-state index >= 15 is 0 Å². The van der Waals surface area contributed by atoms with Gasteiger partial charge in [-0.3, -0.25) is 29.0 Å². The van der Waals surface area contributed by atoms with Gasteiger partial charge in [-0.15, -0.1) is 11.3 Å². The Hall–Kier alpha value is -5.85. The minimum absolute atomic E-state index is 0.0279. The molecule has 2 saturated carbocycles. The number of halogens is 2. The van der Waals surface area contributed by atoms with E-state index in [1.54, 1.807) is 44.6 Å². The Balaban J connectivity index is 0.662. The molecule has 2 aliphatic heterocycles. The van der Waals surface area contributed by atoms with E-state index in [1.165, 1.54) is 11.3 Å². The van der Waals surface area contributed by atoms with Crippen LogP contribution in [0.25, 0.3) is 0 Å². The van der Waals surface area contributed by atoms with Gasteiger partial charge in [0.25, 0.3) is 11.8 Å². The largest absolute Gasteiger partial charge is 0.494 e. The lowest BCUT2D eigenvalue weighted by Gasteiger charge is -2.43. The van der Waals surface area contributed by atoms with E-state index in [0.29, 0.717) is 53.0 Å². The van der Waals surface area contributed by atoms with E-state index in [9.17, 15) is 28.0 Å². The molecule has 73 heavy (non-hydrogen) atoms. The van der Waals surface area contributed by atoms with Crippen LogP contribution >= 0.6 is 11.3 Å². The Labute approximate surface area is 429 Å². The highest BCUT2D eigenvalue weighted by Crippen LogP contribution is 2.70. The number of ether oxygens (including phenoxy) is 1. The van der Waals surface area contributed by atoms with Gasteiger partial charge in [-0.1, -0.05) is 81.5 Å². The van der Waals surface area contributed by atoms with Crippen LogP contribution in [0.15, 0.2) is 72.4 Å². The van der Waals surface area contributed by atoms with Crippen LogP contribution in [-0.4, -0.2) is 116 Å². The first kappa shape index (κ1) is 50.7. The van der Waals surface area contributed by atoms with Crippen LogP contribution in [-0.2, 0) is 22.4 Å². The molecule has 0 radical (unpaired) electrons. The number of alkyl halides is 2. The maximum absolute atomic E-state index is 14.5. The van der Waals surface area contributed by atoms with Crippen molar-refractivity contribution in [2.75, 3.05) is 45.2 Å². The molecule has 2 aromatic carbocycles. The Bertz CT molecular complexity index is 2770. The number of carbonyl (C=O) groups excluding carboxylic acids is 4. The van der Waals surface area contributed by atoms with Gasteiger partial charge in [0, 0.05) is 71.7 Å². The van der Waals surface area contributed by atoms with Crippen LogP contribution in [0.3, 0.4) is 0 Å². The van der Waals surface area contributed by atoms with Gasteiger partial charge < -0.3 is 30.5 Å². The average molecular weight is 1020 g/mol. The molecule has 5 aromatic rings. The van der Waals surface area contributed by atoms with Crippen molar-refractivity contribution in [2.45, 2.75) is 127 Å². The Morgan fingerprint density at radius 3 is 2.55 bits per heavy atom. The summed E-state index contributed by atoms with van der Waals surface area (Å²) < 4.78 is 37.1. The third kappa shape index (κ3) is 10.5. The summed E-state index contributed by atoms with van der Waals surface area (Å²) in [5.41, 5.74) is 2.82. The van der Waals surface area contributed by atoms with Gasteiger partial charge in [-0.25, -0.2) is 13.8 Å². The monoisotopic (exact) mass is 1020 g/mol. The van der Waals surface area contributed by atoms with Crippen molar-refractivity contribution in [3.63, 3.8) is 0 Å². The molecule has 15 nitrogen and oxygen atoms in total. The van der Waals surface area contributed by atoms with Gasteiger partial charge in [0.15, 0.2) is 5.69 Å². The number of anilines is 1. The maximum Gasteiger partial charge on any atom is 0.276 e. The number of benzene rings is 2. The minimum atomic E-state index is -2.74. The SMILES string of the molecule is CN[C@@H](C)C(=O)N[C@H](C(=O)N1CCC[C@H]1c1nc(C(=O)c2cccc(OCCCCCCN3CC([C@@H](c4ccccc4)n4cc(NC(=O)c5n[nH]c6c5C[C@@H]5C(F)(F)[C@]5(C)C6)cn4)C3)c2)cs1)C1CCCCC1. The number of thiazole rings is 1. The molecular formula is C55H68F2N10O5S. The number of aromatic nitrogens is 5. The molecule has 0 bridgehead atoms. The number of amides is 3. The molecule has 0 spiro atoms. The third-order valence-corrected chi connectivity index (χ3v) is 17.5. The number of unbranched alkanes of at least 4 members (excludes halogenated alkanes) is 3. The molecule has 10 rings (SSSR count). The fourth-order valence-electron chi connectivity index (χ4n) is 11.9. The minimum Gasteiger partial charge on any atom is -0.494 e. The summed E-state index contributed by atoms with van der Waals surface area (Å²) in [5.74, 6) is -3.29. The number of likely N-dealkylation sites (N-methyl/N-ethyl adjacent to an activating group) is 1. The summed E-state index contributed by atoms with van der Waals surface area (Å²) in [6.45, 7) is 7.37. The summed E-state index contributed by atoms with van der Waals surface area (Å²) >= 11 is 1.41. The number of H-pyrrole nitrogens is 1. The number of hydrogen-bond acceptors (Lipinski definition) is 11. The molecule has 4 N–H and O–H groups in total. The molecule has 18 heteroatoms. The fourth-order valence-corrected chi connectivity index (χ4v) is 12.9. The maximum atomic E-state index is 14.5. The first-order chi connectivity index (χ1) is 35.3. The fraction of sp³-hybridized carbons (Fsp3) is 0.545. The third-order valence-electron chi connectivity index (χ3n) is 16.5. The van der Waals surface area contributed by atoms with Crippen molar-refractivity contribution in [2.24, 2.45) is 23.2 Å². The van der Waals surface area contributed by atoms with Crippen LogP contribution < -0.4 is 20.7 Å². The van der Waals surface area contributed by atoms with Gasteiger partial charge in [0.05, 0.1) is 36.6 Å². The molecule has 5 aliphatic rings. The molecule has 0 unspecified atom stereocenters. The van der Waals surface area contributed by atoms with Crippen molar-refractivity contribution in [1.29, 1.82) is 0 Å². The molecular weight excluding hydrogens is 951 g/mol. The van der Waals surface area contributed by atoms with Crippen LogP contribution in [0.4, 0.5) is 14.5 Å². The zero-order chi connectivity index (χ0) is 50.9. The molecule has 5 heterocycles. The standard InChI is InChI=1S/C55H68F2N10O5S/c1-34(58-3)50(69)62-46(35-16-8-6-9-17-35)53(71)66-24-15-22-44(66)52-61-43(33-73-52)49(68)37-20-14-21-40(26-37)72-25-13-5-4-12-23-65-30-38(31-65)48(36-18-10-7-11-19-36)67-32-39(29-59-67)60-51(70)47-41-27-45-54(2,55(45,56)57)28-42(41)63-64-47/h7,10-11,14,18-21,26,29,32-35,38,44-46,48,58H,4-6,8-9,12-13,15-17,22-25,27-28,30-31H2,1-3H3,(H,60,70)(H,62,69)(H,63,64)/t34-,44-,45-,46-,48+,54+/m0/s1. The summed E-state index contributed by atoms with van der Waals surface area (Å²) in [5, 5.41) is 23.3. The molecule has 4 fully saturated rings. The number of aromatic amines is 1. The van der Waals surface area contributed by atoms with Crippen molar-refractivity contribution in [3.05, 3.63) is 111 Å². The highest BCUT2D eigenvalue weighted by atomic mass is 32.1. The number of ketones is 1. The van der Waals surface area contributed by atoms with E-state index in [1.807, 2.05) is 46.1 Å². The number of hydrogen-bond donors (Lipinski definition) is 4. The molecule has 3 amide bonds. The Morgan fingerprint density at radius 2 is 1.75 bits per heavy atom. The van der Waals surface area contributed by atoms with E-state index < -0.39 is 35.2 Å². The molecule has 3 aliphatic carbocycles. The lowest BCUT2D eigenvalue weighted by Crippen LogP contribution is -2.55. The number of nitrogens with one attached hydrogen (secondary N) is 4. The zero-order valence-corrected chi connectivity index (χ0v) is 42.9. The lowest BCUT2D eigenvalue weighted by molar-refractivity contribution is -0.139. The predicted octanol–water partition coefficient (Wildman–Crippen LogP) is 8.41. The van der Waals surface area contributed by atoms with Crippen molar-refractivity contribution in [1.82, 2.24) is 45.4 Å². The molecule has 2 saturated heterocycles. The van der Waals surface area contributed by atoms with Crippen LogP contribution in [0.2, 0.25) is 0 Å². The predicted molar refractivity (Wildman–Crippen MR) is 274 cm³/mol. The van der Waals surface area contributed by atoms with Crippen molar-refractivity contribution in [3.8, 4) is 5.75 Å². The van der Waals surface area contributed by atoms with Crippen molar-refractivity contribution >= 4 is 40.5 Å². The number of carbonyl (C=O) groups is 4. The number of fused-ring (bicyclic) bond motifs is 2. The second-order valence-corrected chi connectivity index (χ2v) is 22.2. The first-order valence-electron chi connectivity index (χ1n) is 26.4. The zero-order valence-electron chi connectivity index (χ0n) is 42.1. The summed E-state index contributed by atoms with van der Waals surface area (Å²) in [6, 6.07) is 16.3. The van der Waals surface area contributed by atoms with Crippen LogP contribution in [0, 0.1) is 23.2 Å². The number of rotatable bonds is 21. The van der Waals surface area contributed by atoms with Crippen LogP contribution in [0.1, 0.15) is 145 Å². The molecule has 6 atom stereocenters. The average Bonchev–Trinajstić information content (AvgIpc) is 4.18. The van der Waals surface area contributed by atoms with E-state index in [2.05, 4.69) is 43.2 Å². The van der Waals surface area contributed by atoms with Crippen LogP contribution in [0.5, 0.6) is 5.75 Å². The van der Waals surface area contributed by atoms with Gasteiger partial charge in [-0.2, -0.15) is 10.2 Å². The van der Waals surface area contributed by atoms with Gasteiger partial charge >= 0.3 is 0 Å². The Morgan fingerprint density at radius 1 is 0.959 bits per heavy atom. The number of nitrogens with zero attached hydrogens (tertiary/aromatic N) is 6. The van der Waals surface area contributed by atoms with Gasteiger partial charge in [0.1, 0.15) is 22.5 Å². The van der Waals surface area contributed by atoms with Gasteiger partial charge in [-0.05, 0) is 89.1 Å². The van der Waals surface area contributed by atoms with E-state index in [-0.39, 0.29) is 54.1 Å². The second-order valence-electron chi connectivity index (χ2n) is 21.3. The summed E-state index contributed by atoms with van der Waals surface area (Å²) in [7, 11) is 1.74. The van der Waals surface area contributed by atoms with Gasteiger partial charge in [0.2, 0.25) is 17.6 Å². The molecule has 3 aromatic heterocycles. The van der Waals surface area contributed by atoms with E-state index in [0.717, 1.165) is 101 Å². The smallest absolute Gasteiger partial charge is 0.276 e. The molecule has 388 valence electrons.